The number of hydrogen-bond acceptors (Lipinski definition) is 7. The second-order valence-electron chi connectivity index (χ2n) is 7.53. The molecular formula is C20H27N5O4. The summed E-state index contributed by atoms with van der Waals surface area (Å²) in [5.74, 6) is -2.15. The number of nitrogens with two attached hydrogens (primary N) is 1. The Hall–Kier alpha value is -2.91. The molecule has 0 spiro atoms. The van der Waals surface area contributed by atoms with Gasteiger partial charge in [0.25, 0.3) is 0 Å². The minimum absolute atomic E-state index is 0.192. The number of amides is 1. The molecule has 2 aliphatic heterocycles. The van der Waals surface area contributed by atoms with Crippen LogP contribution in [0.15, 0.2) is 48.1 Å². The Labute approximate surface area is 169 Å². The first-order valence-corrected chi connectivity index (χ1v) is 9.58. The van der Waals surface area contributed by atoms with E-state index in [0.29, 0.717) is 18.8 Å². The third-order valence-corrected chi connectivity index (χ3v) is 5.42. The number of aromatic nitrogens is 1. The lowest BCUT2D eigenvalue weighted by Gasteiger charge is -2.49. The number of allylic oxidation sites excluding steroid dienone is 2. The first-order valence-electron chi connectivity index (χ1n) is 9.58. The molecule has 0 bridgehead atoms. The fraction of sp³-hybridized carbons (Fsp3) is 0.450. The zero-order valence-electron chi connectivity index (χ0n) is 16.4. The Kier molecular flexibility index (Phi) is 6.19. The van der Waals surface area contributed by atoms with Gasteiger partial charge in [0.05, 0.1) is 11.7 Å². The van der Waals surface area contributed by atoms with E-state index in [0.717, 1.165) is 16.0 Å². The molecule has 9 nitrogen and oxygen atoms in total. The standard InChI is InChI=1S/C20H27N5O4/c1-11(8-13-4-3-6-22-10-13)24-20(29)25-17(19(27)28)16(18(25)26)12(2)14-5-7-23-15(21)9-14/h3-6,9-12,16-17,20,23-24,29H,7-8,21H2,1-2H3,(H,27,28)/t11?,12?,16-,17?,20?/m1/s1. The van der Waals surface area contributed by atoms with Crippen molar-refractivity contribution in [2.75, 3.05) is 6.54 Å². The quantitative estimate of drug-likeness (QED) is 0.297. The molecule has 2 aliphatic rings. The molecule has 29 heavy (non-hydrogen) atoms. The van der Waals surface area contributed by atoms with Crippen molar-refractivity contribution in [1.29, 1.82) is 0 Å². The van der Waals surface area contributed by atoms with E-state index in [4.69, 9.17) is 5.73 Å². The maximum absolute atomic E-state index is 12.8. The van der Waals surface area contributed by atoms with Crippen LogP contribution >= 0.6 is 0 Å². The van der Waals surface area contributed by atoms with E-state index >= 15 is 0 Å². The summed E-state index contributed by atoms with van der Waals surface area (Å²) in [4.78, 5) is 29.7. The summed E-state index contributed by atoms with van der Waals surface area (Å²) >= 11 is 0. The predicted octanol–water partition coefficient (Wildman–Crippen LogP) is -0.244. The Morgan fingerprint density at radius 3 is 2.86 bits per heavy atom. The smallest absolute Gasteiger partial charge is 0.327 e. The Balaban J connectivity index is 1.67. The number of likely N-dealkylation sites (tertiary alicyclic amines) is 1. The number of rotatable bonds is 8. The molecule has 1 fully saturated rings. The molecule has 0 aliphatic carbocycles. The van der Waals surface area contributed by atoms with Gasteiger partial charge in [-0.05, 0) is 42.5 Å². The fourth-order valence-electron chi connectivity index (χ4n) is 3.93. The number of aliphatic hydroxyl groups excluding tert-OH is 1. The monoisotopic (exact) mass is 401 g/mol. The highest BCUT2D eigenvalue weighted by Crippen LogP contribution is 2.38. The number of carbonyl (C=O) groups excluding carboxylic acids is 1. The van der Waals surface area contributed by atoms with E-state index < -0.39 is 30.2 Å². The summed E-state index contributed by atoms with van der Waals surface area (Å²) in [5, 5.41) is 26.1. The van der Waals surface area contributed by atoms with Crippen LogP contribution in [0.4, 0.5) is 0 Å². The summed E-state index contributed by atoms with van der Waals surface area (Å²) in [5.41, 5.74) is 7.58. The average molecular weight is 401 g/mol. The van der Waals surface area contributed by atoms with Gasteiger partial charge in [-0.3, -0.25) is 20.0 Å². The number of carboxylic acid groups (broad SMARTS) is 1. The molecule has 3 rings (SSSR count). The molecule has 0 aromatic carbocycles. The number of nitrogens with one attached hydrogen (secondary N) is 2. The lowest BCUT2D eigenvalue weighted by molar-refractivity contribution is -0.193. The van der Waals surface area contributed by atoms with Gasteiger partial charge >= 0.3 is 5.97 Å². The molecule has 1 aromatic rings. The van der Waals surface area contributed by atoms with Gasteiger partial charge in [-0.15, -0.1) is 0 Å². The van der Waals surface area contributed by atoms with Crippen molar-refractivity contribution >= 4 is 11.9 Å². The molecule has 0 radical (unpaired) electrons. The van der Waals surface area contributed by atoms with Gasteiger partial charge in [0.15, 0.2) is 6.35 Å². The molecule has 1 aromatic heterocycles. The maximum atomic E-state index is 12.8. The molecule has 0 saturated carbocycles. The van der Waals surface area contributed by atoms with Crippen molar-refractivity contribution in [2.24, 2.45) is 17.6 Å². The third-order valence-electron chi connectivity index (χ3n) is 5.42. The van der Waals surface area contributed by atoms with E-state index in [1.165, 1.54) is 0 Å². The Morgan fingerprint density at radius 1 is 1.48 bits per heavy atom. The largest absolute Gasteiger partial charge is 0.480 e. The number of pyridine rings is 1. The molecular weight excluding hydrogens is 374 g/mol. The van der Waals surface area contributed by atoms with Gasteiger partial charge < -0.3 is 21.3 Å². The first-order chi connectivity index (χ1) is 13.8. The number of aliphatic hydroxyl groups is 1. The van der Waals surface area contributed by atoms with Gasteiger partial charge in [-0.1, -0.05) is 19.1 Å². The SMILES string of the molecule is CC(Cc1cccnc1)NC(O)N1C(=O)[C@H](C(C)C2=CCNC(N)=C2)C1C(=O)O. The minimum atomic E-state index is -1.39. The highest BCUT2D eigenvalue weighted by atomic mass is 16.4. The lowest BCUT2D eigenvalue weighted by atomic mass is 9.74. The van der Waals surface area contributed by atoms with Crippen molar-refractivity contribution in [3.05, 3.63) is 53.6 Å². The average Bonchev–Trinajstić information content (AvgIpc) is 2.66. The van der Waals surface area contributed by atoms with Crippen molar-refractivity contribution in [3.8, 4) is 0 Å². The van der Waals surface area contributed by atoms with Crippen molar-refractivity contribution in [2.45, 2.75) is 38.7 Å². The molecule has 4 unspecified atom stereocenters. The second kappa shape index (κ2) is 8.62. The fourth-order valence-corrected chi connectivity index (χ4v) is 3.93. The number of carboxylic acids is 1. The van der Waals surface area contributed by atoms with Crippen molar-refractivity contribution < 1.29 is 19.8 Å². The van der Waals surface area contributed by atoms with Gasteiger partial charge in [0.2, 0.25) is 5.91 Å². The van der Waals surface area contributed by atoms with Crippen LogP contribution in [0, 0.1) is 11.8 Å². The molecule has 9 heteroatoms. The number of nitrogens with zero attached hydrogens (tertiary/aromatic N) is 2. The highest BCUT2D eigenvalue weighted by Gasteiger charge is 2.56. The van der Waals surface area contributed by atoms with Crippen LogP contribution in [-0.4, -0.2) is 57.0 Å². The van der Waals surface area contributed by atoms with Crippen molar-refractivity contribution in [3.63, 3.8) is 0 Å². The Morgan fingerprint density at radius 2 is 2.24 bits per heavy atom. The van der Waals surface area contributed by atoms with Crippen LogP contribution in [0.25, 0.3) is 0 Å². The topological polar surface area (TPSA) is 141 Å². The first kappa shape index (κ1) is 20.8. The van der Waals surface area contributed by atoms with Crippen LogP contribution in [0.2, 0.25) is 0 Å². The van der Waals surface area contributed by atoms with E-state index in [-0.39, 0.29) is 12.0 Å². The van der Waals surface area contributed by atoms with E-state index in [1.54, 1.807) is 18.5 Å². The molecule has 1 saturated heterocycles. The summed E-state index contributed by atoms with van der Waals surface area (Å²) < 4.78 is 0. The summed E-state index contributed by atoms with van der Waals surface area (Å²) in [6.45, 7) is 4.19. The van der Waals surface area contributed by atoms with Crippen LogP contribution in [0.1, 0.15) is 19.4 Å². The predicted molar refractivity (Wildman–Crippen MR) is 106 cm³/mol. The number of carbonyl (C=O) groups is 2. The van der Waals surface area contributed by atoms with Crippen LogP contribution < -0.4 is 16.4 Å². The maximum Gasteiger partial charge on any atom is 0.327 e. The second-order valence-corrected chi connectivity index (χ2v) is 7.53. The van der Waals surface area contributed by atoms with E-state index in [1.807, 2.05) is 32.1 Å². The van der Waals surface area contributed by atoms with Crippen LogP contribution in [-0.2, 0) is 16.0 Å². The van der Waals surface area contributed by atoms with Gasteiger partial charge in [0.1, 0.15) is 6.04 Å². The van der Waals surface area contributed by atoms with Crippen LogP contribution in [0.3, 0.4) is 0 Å². The van der Waals surface area contributed by atoms with Crippen LogP contribution in [0.5, 0.6) is 0 Å². The van der Waals surface area contributed by atoms with Gasteiger partial charge in [0, 0.05) is 25.0 Å². The minimum Gasteiger partial charge on any atom is -0.480 e. The Bertz CT molecular complexity index is 825. The molecule has 3 heterocycles. The normalized spacial score (nSPS) is 24.5. The third kappa shape index (κ3) is 4.41. The number of β-lactam (4-membered cyclic amide) rings is 1. The number of dihydropyridines is 1. The number of aliphatic carboxylic acids is 1. The van der Waals surface area contributed by atoms with Crippen molar-refractivity contribution in [1.82, 2.24) is 20.5 Å². The molecule has 5 atom stereocenters. The molecule has 156 valence electrons. The number of hydrogen-bond donors (Lipinski definition) is 5. The zero-order chi connectivity index (χ0) is 21.1. The molecule has 1 amide bonds. The lowest BCUT2D eigenvalue weighted by Crippen LogP contribution is -2.72. The summed E-state index contributed by atoms with van der Waals surface area (Å²) in [7, 11) is 0. The summed E-state index contributed by atoms with van der Waals surface area (Å²) in [6, 6.07) is 2.43. The molecule has 6 N–H and O–H groups in total. The van der Waals surface area contributed by atoms with E-state index in [9.17, 15) is 19.8 Å². The highest BCUT2D eigenvalue weighted by molar-refractivity contribution is 5.97. The summed E-state index contributed by atoms with van der Waals surface area (Å²) in [6.07, 6.45) is 6.20. The van der Waals surface area contributed by atoms with Gasteiger partial charge in [-0.2, -0.15) is 0 Å². The van der Waals surface area contributed by atoms with Gasteiger partial charge in [-0.25, -0.2) is 4.79 Å². The zero-order valence-corrected chi connectivity index (χ0v) is 16.4. The van der Waals surface area contributed by atoms with E-state index in [2.05, 4.69) is 15.6 Å².